The molecule has 3 amide bonds. The number of H-pyrrole nitrogens is 1. The van der Waals surface area contributed by atoms with Gasteiger partial charge >= 0.3 is 6.03 Å². The maximum atomic E-state index is 12.0. The highest BCUT2D eigenvalue weighted by atomic mass is 16.2. The number of nitrogens with zero attached hydrogens (tertiary/aromatic N) is 3. The Labute approximate surface area is 104 Å². The van der Waals surface area contributed by atoms with Gasteiger partial charge in [-0.15, -0.1) is 5.10 Å². The normalized spacial score (nSPS) is 19.6. The van der Waals surface area contributed by atoms with Crippen molar-refractivity contribution in [2.75, 3.05) is 18.4 Å². The number of amides is 3. The summed E-state index contributed by atoms with van der Waals surface area (Å²) in [4.78, 5) is 28.5. The number of carbonyl (C=O) groups is 2. The number of urea groups is 1. The number of likely N-dealkylation sites (tertiary alicyclic amines) is 1. The number of aryl methyl sites for hydroxylation is 1. The Morgan fingerprint density at radius 1 is 1.56 bits per heavy atom. The van der Waals surface area contributed by atoms with Gasteiger partial charge in [0, 0.05) is 13.1 Å². The van der Waals surface area contributed by atoms with E-state index < -0.39 is 6.03 Å². The molecule has 0 aliphatic carbocycles. The summed E-state index contributed by atoms with van der Waals surface area (Å²) in [5.41, 5.74) is 5.21. The van der Waals surface area contributed by atoms with E-state index in [-0.39, 0.29) is 17.8 Å². The number of aromatic nitrogens is 3. The fourth-order valence-electron chi connectivity index (χ4n) is 2.00. The van der Waals surface area contributed by atoms with Crippen LogP contribution in [0.5, 0.6) is 0 Å². The Hall–Kier alpha value is -2.12. The Bertz CT molecular complexity index is 457. The number of nitrogens with one attached hydrogen (secondary N) is 2. The summed E-state index contributed by atoms with van der Waals surface area (Å²) in [5, 5.41) is 9.10. The quantitative estimate of drug-likeness (QED) is 0.678. The third-order valence-electron chi connectivity index (χ3n) is 2.94. The molecular weight excluding hydrogens is 236 g/mol. The molecular formula is C10H16N6O2. The second kappa shape index (κ2) is 5.03. The van der Waals surface area contributed by atoms with Crippen LogP contribution in [0.1, 0.15) is 18.7 Å². The summed E-state index contributed by atoms with van der Waals surface area (Å²) in [6, 6.07) is -0.485. The fourth-order valence-corrected chi connectivity index (χ4v) is 2.00. The topological polar surface area (TPSA) is 117 Å². The lowest BCUT2D eigenvalue weighted by Crippen LogP contribution is -2.46. The van der Waals surface area contributed by atoms with Crippen LogP contribution in [0.2, 0.25) is 0 Å². The number of piperidine rings is 1. The van der Waals surface area contributed by atoms with E-state index in [9.17, 15) is 9.59 Å². The van der Waals surface area contributed by atoms with Crippen molar-refractivity contribution in [1.82, 2.24) is 20.1 Å². The van der Waals surface area contributed by atoms with E-state index in [1.165, 1.54) is 4.90 Å². The van der Waals surface area contributed by atoms with Crippen molar-refractivity contribution in [1.29, 1.82) is 0 Å². The van der Waals surface area contributed by atoms with Gasteiger partial charge < -0.3 is 10.6 Å². The van der Waals surface area contributed by atoms with Crippen LogP contribution >= 0.6 is 0 Å². The lowest BCUT2D eigenvalue weighted by molar-refractivity contribution is -0.121. The Balaban J connectivity index is 1.94. The standard InChI is InChI=1S/C10H16N6O2/c1-6-12-10(15-14-6)13-8(17)7-3-2-4-16(5-7)9(11)18/h7H,2-5H2,1H3,(H2,11,18)(H2,12,13,14,15,17). The average molecular weight is 252 g/mol. The zero-order valence-corrected chi connectivity index (χ0v) is 10.1. The van der Waals surface area contributed by atoms with Crippen LogP contribution in [0.4, 0.5) is 10.7 Å². The highest BCUT2D eigenvalue weighted by Crippen LogP contribution is 2.17. The summed E-state index contributed by atoms with van der Waals surface area (Å²) in [6.07, 6.45) is 1.51. The number of carbonyl (C=O) groups excluding carboxylic acids is 2. The Morgan fingerprint density at radius 2 is 2.33 bits per heavy atom. The second-order valence-electron chi connectivity index (χ2n) is 4.36. The third kappa shape index (κ3) is 2.76. The molecule has 1 aromatic heterocycles. The average Bonchev–Trinajstić information content (AvgIpc) is 2.75. The first-order chi connectivity index (χ1) is 8.56. The van der Waals surface area contributed by atoms with Gasteiger partial charge in [0.2, 0.25) is 11.9 Å². The SMILES string of the molecule is Cc1nc(NC(=O)C2CCCN(C(N)=O)C2)n[nH]1. The molecule has 0 aromatic carbocycles. The minimum atomic E-state index is -0.485. The molecule has 0 spiro atoms. The van der Waals surface area contributed by atoms with Crippen LogP contribution in [0.25, 0.3) is 0 Å². The van der Waals surface area contributed by atoms with E-state index >= 15 is 0 Å². The zero-order valence-electron chi connectivity index (χ0n) is 10.1. The number of nitrogens with two attached hydrogens (primary N) is 1. The van der Waals surface area contributed by atoms with Crippen molar-refractivity contribution in [2.45, 2.75) is 19.8 Å². The summed E-state index contributed by atoms with van der Waals surface area (Å²) < 4.78 is 0. The van der Waals surface area contributed by atoms with Gasteiger partial charge in [0.25, 0.3) is 0 Å². The fraction of sp³-hybridized carbons (Fsp3) is 0.600. The van der Waals surface area contributed by atoms with Gasteiger partial charge in [0.05, 0.1) is 5.92 Å². The van der Waals surface area contributed by atoms with Crippen molar-refractivity contribution in [3.8, 4) is 0 Å². The van der Waals surface area contributed by atoms with Gasteiger partial charge in [0.15, 0.2) is 0 Å². The lowest BCUT2D eigenvalue weighted by atomic mass is 9.97. The van der Waals surface area contributed by atoms with Crippen LogP contribution in [-0.4, -0.2) is 45.1 Å². The molecule has 0 bridgehead atoms. The van der Waals surface area contributed by atoms with Crippen LogP contribution in [0.3, 0.4) is 0 Å². The first-order valence-electron chi connectivity index (χ1n) is 5.80. The van der Waals surface area contributed by atoms with E-state index in [2.05, 4.69) is 20.5 Å². The van der Waals surface area contributed by atoms with E-state index in [4.69, 9.17) is 5.73 Å². The van der Waals surface area contributed by atoms with Crippen molar-refractivity contribution < 1.29 is 9.59 Å². The number of hydrogen-bond donors (Lipinski definition) is 3. The van der Waals surface area contributed by atoms with Crippen molar-refractivity contribution in [2.24, 2.45) is 11.7 Å². The molecule has 8 nitrogen and oxygen atoms in total. The van der Waals surface area contributed by atoms with E-state index in [0.29, 0.717) is 18.9 Å². The maximum Gasteiger partial charge on any atom is 0.314 e. The van der Waals surface area contributed by atoms with Gasteiger partial charge in [-0.2, -0.15) is 4.98 Å². The van der Waals surface area contributed by atoms with Gasteiger partial charge in [0.1, 0.15) is 5.82 Å². The molecule has 1 saturated heterocycles. The van der Waals surface area contributed by atoms with Crippen LogP contribution in [0.15, 0.2) is 0 Å². The maximum absolute atomic E-state index is 12.0. The predicted molar refractivity (Wildman–Crippen MR) is 63.6 cm³/mol. The van der Waals surface area contributed by atoms with E-state index in [0.717, 1.165) is 12.8 Å². The zero-order chi connectivity index (χ0) is 13.1. The Morgan fingerprint density at radius 3 is 2.94 bits per heavy atom. The molecule has 2 heterocycles. The molecule has 0 saturated carbocycles. The number of rotatable bonds is 2. The predicted octanol–water partition coefficient (Wildman–Crippen LogP) is -0.158. The molecule has 1 fully saturated rings. The molecule has 4 N–H and O–H groups in total. The van der Waals surface area contributed by atoms with E-state index in [1.807, 2.05) is 0 Å². The summed E-state index contributed by atoms with van der Waals surface area (Å²) in [7, 11) is 0. The summed E-state index contributed by atoms with van der Waals surface area (Å²) in [6.45, 7) is 2.71. The molecule has 1 atom stereocenters. The van der Waals surface area contributed by atoms with Crippen molar-refractivity contribution in [3.63, 3.8) is 0 Å². The minimum absolute atomic E-state index is 0.181. The first-order valence-corrected chi connectivity index (χ1v) is 5.80. The molecule has 18 heavy (non-hydrogen) atoms. The first kappa shape index (κ1) is 12.3. The second-order valence-corrected chi connectivity index (χ2v) is 4.36. The highest BCUT2D eigenvalue weighted by molar-refractivity contribution is 5.91. The van der Waals surface area contributed by atoms with Gasteiger partial charge in [-0.1, -0.05) is 0 Å². The lowest BCUT2D eigenvalue weighted by Gasteiger charge is -2.30. The Kier molecular flexibility index (Phi) is 3.45. The van der Waals surface area contributed by atoms with Crippen molar-refractivity contribution in [3.05, 3.63) is 5.82 Å². The van der Waals surface area contributed by atoms with Gasteiger partial charge in [-0.05, 0) is 19.8 Å². The van der Waals surface area contributed by atoms with Crippen LogP contribution < -0.4 is 11.1 Å². The van der Waals surface area contributed by atoms with Gasteiger partial charge in [-0.3, -0.25) is 15.2 Å². The molecule has 1 aliphatic rings. The molecule has 98 valence electrons. The smallest absolute Gasteiger partial charge is 0.314 e. The number of anilines is 1. The van der Waals surface area contributed by atoms with Crippen LogP contribution in [0, 0.1) is 12.8 Å². The van der Waals surface area contributed by atoms with E-state index in [1.54, 1.807) is 6.92 Å². The molecule has 1 unspecified atom stereocenters. The number of aromatic amines is 1. The number of primary amides is 1. The monoisotopic (exact) mass is 252 g/mol. The third-order valence-corrected chi connectivity index (χ3v) is 2.94. The summed E-state index contributed by atoms with van der Waals surface area (Å²) >= 11 is 0. The number of hydrogen-bond acceptors (Lipinski definition) is 4. The van der Waals surface area contributed by atoms with Gasteiger partial charge in [-0.25, -0.2) is 4.79 Å². The molecule has 1 aromatic rings. The summed E-state index contributed by atoms with van der Waals surface area (Å²) in [5.74, 6) is 0.450. The molecule has 0 radical (unpaired) electrons. The highest BCUT2D eigenvalue weighted by Gasteiger charge is 2.27. The minimum Gasteiger partial charge on any atom is -0.351 e. The molecule has 2 rings (SSSR count). The van der Waals surface area contributed by atoms with Crippen molar-refractivity contribution >= 4 is 17.9 Å². The van der Waals surface area contributed by atoms with Crippen LogP contribution in [-0.2, 0) is 4.79 Å². The molecule has 1 aliphatic heterocycles. The largest absolute Gasteiger partial charge is 0.351 e. The molecule has 8 heteroatoms.